The second-order valence-corrected chi connectivity index (χ2v) is 7.33. The zero-order valence-electron chi connectivity index (χ0n) is 16.1. The third-order valence-electron chi connectivity index (χ3n) is 5.28. The predicted octanol–water partition coefficient (Wildman–Crippen LogP) is 2.30. The quantitative estimate of drug-likeness (QED) is 0.465. The fourth-order valence-electron chi connectivity index (χ4n) is 3.68. The minimum Gasteiger partial charge on any atom is -0.507 e. The summed E-state index contributed by atoms with van der Waals surface area (Å²) in [7, 11) is 0. The molecule has 1 amide bonds. The van der Waals surface area contributed by atoms with Crippen molar-refractivity contribution in [1.29, 1.82) is 0 Å². The molecule has 29 heavy (non-hydrogen) atoms. The van der Waals surface area contributed by atoms with Crippen LogP contribution in [-0.2, 0) is 19.5 Å². The molecule has 0 saturated carbocycles. The molecule has 3 aromatic rings. The summed E-state index contributed by atoms with van der Waals surface area (Å²) in [5.74, 6) is -0.153. The minimum absolute atomic E-state index is 0.123. The number of quaternary nitrogens is 1. The molecule has 1 atom stereocenters. The third-order valence-corrected chi connectivity index (χ3v) is 5.28. The molecule has 0 fully saturated rings. The number of phenols is 1. The number of phenolic OH excluding ortho intramolecular Hbond substituents is 1. The van der Waals surface area contributed by atoms with E-state index in [0.717, 1.165) is 26.1 Å². The Balaban J connectivity index is 1.33. The maximum Gasteiger partial charge on any atom is 0.271 e. The zero-order chi connectivity index (χ0) is 20.1. The van der Waals surface area contributed by atoms with E-state index in [9.17, 15) is 9.90 Å². The lowest BCUT2D eigenvalue weighted by atomic mass is 9.99. The van der Waals surface area contributed by atoms with Crippen LogP contribution in [-0.4, -0.2) is 23.8 Å². The molecule has 0 saturated heterocycles. The Morgan fingerprint density at radius 1 is 1.00 bits per heavy atom. The first-order chi connectivity index (χ1) is 14.2. The van der Waals surface area contributed by atoms with Crippen molar-refractivity contribution in [3.8, 4) is 5.75 Å². The van der Waals surface area contributed by atoms with Gasteiger partial charge in [0.05, 0.1) is 12.8 Å². The van der Waals surface area contributed by atoms with Crippen molar-refractivity contribution in [3.05, 3.63) is 101 Å². The molecule has 5 heteroatoms. The molecular weight excluding hydrogens is 362 g/mol. The molecule has 1 aliphatic heterocycles. The molecule has 0 radical (unpaired) electrons. The third kappa shape index (κ3) is 4.70. The molecule has 3 aromatic carbocycles. The highest BCUT2D eigenvalue weighted by Crippen LogP contribution is 2.13. The molecule has 5 nitrogen and oxygen atoms in total. The second kappa shape index (κ2) is 8.71. The lowest BCUT2D eigenvalue weighted by molar-refractivity contribution is -0.929. The summed E-state index contributed by atoms with van der Waals surface area (Å²) < 4.78 is 0. The number of nitrogens with zero attached hydrogens (tertiary/aromatic N) is 1. The summed E-state index contributed by atoms with van der Waals surface area (Å²) in [5.41, 5.74) is 7.73. The number of aromatic hydroxyl groups is 1. The number of carbonyl (C=O) groups is 1. The number of amides is 1. The van der Waals surface area contributed by atoms with Crippen LogP contribution in [0.4, 0.5) is 0 Å². The Hall–Kier alpha value is -3.44. The van der Waals surface area contributed by atoms with Gasteiger partial charge in [0.1, 0.15) is 18.8 Å². The molecule has 3 N–H and O–H groups in total. The normalized spacial score (nSPS) is 15.8. The molecule has 0 spiro atoms. The highest BCUT2D eigenvalue weighted by molar-refractivity contribution is 5.95. The first-order valence-electron chi connectivity index (χ1n) is 9.80. The topological polar surface area (TPSA) is 66.1 Å². The van der Waals surface area contributed by atoms with E-state index in [1.54, 1.807) is 24.3 Å². The Bertz CT molecular complexity index is 1030. The van der Waals surface area contributed by atoms with Gasteiger partial charge >= 0.3 is 0 Å². The largest absolute Gasteiger partial charge is 0.507 e. The van der Waals surface area contributed by atoms with Gasteiger partial charge in [0.25, 0.3) is 5.91 Å². The standard InChI is InChI=1S/C24H23N3O2/c28-23-8-4-3-6-21(23)15-25-26-24(29)20-11-9-18(10-12-20)16-27-14-13-19-5-1-2-7-22(19)17-27/h1-12,15,28H,13-14,16-17H2,(H,26,29)/p+1/b25-15+. The zero-order valence-corrected chi connectivity index (χ0v) is 16.1. The van der Waals surface area contributed by atoms with Gasteiger partial charge in [-0.05, 0) is 29.8 Å². The maximum absolute atomic E-state index is 12.3. The first kappa shape index (κ1) is 18.9. The summed E-state index contributed by atoms with van der Waals surface area (Å²) in [4.78, 5) is 13.8. The van der Waals surface area contributed by atoms with E-state index in [4.69, 9.17) is 0 Å². The van der Waals surface area contributed by atoms with Gasteiger partial charge in [-0.3, -0.25) is 4.79 Å². The van der Waals surface area contributed by atoms with Crippen LogP contribution in [0, 0.1) is 0 Å². The van der Waals surface area contributed by atoms with Crippen LogP contribution in [0.1, 0.15) is 32.6 Å². The van der Waals surface area contributed by atoms with E-state index >= 15 is 0 Å². The number of fused-ring (bicyclic) bond motifs is 1. The lowest BCUT2D eigenvalue weighted by Gasteiger charge is -2.26. The minimum atomic E-state index is -0.275. The van der Waals surface area contributed by atoms with Crippen LogP contribution in [0.15, 0.2) is 77.9 Å². The number of hydrogen-bond acceptors (Lipinski definition) is 3. The Kier molecular flexibility index (Phi) is 5.68. The van der Waals surface area contributed by atoms with Crippen molar-refractivity contribution in [2.75, 3.05) is 6.54 Å². The van der Waals surface area contributed by atoms with Gasteiger partial charge in [0, 0.05) is 28.7 Å². The van der Waals surface area contributed by atoms with E-state index in [2.05, 4.69) is 34.8 Å². The molecule has 0 aliphatic carbocycles. The number of nitrogens with one attached hydrogen (secondary N) is 2. The fraction of sp³-hybridized carbons (Fsp3) is 0.167. The van der Waals surface area contributed by atoms with Crippen molar-refractivity contribution in [2.45, 2.75) is 19.5 Å². The SMILES string of the molecule is O=C(N/N=C/c1ccccc1O)c1ccc(C[NH+]2CCc3ccccc3C2)cc1. The summed E-state index contributed by atoms with van der Waals surface area (Å²) in [6.45, 7) is 3.11. The van der Waals surface area contributed by atoms with Gasteiger partial charge in [0.15, 0.2) is 0 Å². The van der Waals surface area contributed by atoms with E-state index in [0.29, 0.717) is 11.1 Å². The highest BCUT2D eigenvalue weighted by Gasteiger charge is 2.19. The maximum atomic E-state index is 12.3. The first-order valence-corrected chi connectivity index (χ1v) is 9.80. The average Bonchev–Trinajstić information content (AvgIpc) is 2.75. The predicted molar refractivity (Wildman–Crippen MR) is 113 cm³/mol. The van der Waals surface area contributed by atoms with Gasteiger partial charge in [-0.2, -0.15) is 5.10 Å². The van der Waals surface area contributed by atoms with Crippen LogP contribution in [0.2, 0.25) is 0 Å². The van der Waals surface area contributed by atoms with Crippen LogP contribution in [0.25, 0.3) is 0 Å². The number of para-hydroxylation sites is 1. The van der Waals surface area contributed by atoms with Gasteiger partial charge in [-0.1, -0.05) is 48.5 Å². The van der Waals surface area contributed by atoms with E-state index in [-0.39, 0.29) is 11.7 Å². The van der Waals surface area contributed by atoms with Crippen LogP contribution < -0.4 is 10.3 Å². The molecule has 0 bridgehead atoms. The summed E-state index contributed by atoms with van der Waals surface area (Å²) in [6, 6.07) is 23.2. The number of carbonyl (C=O) groups excluding carboxylic acids is 1. The molecule has 146 valence electrons. The average molecular weight is 386 g/mol. The molecule has 1 aliphatic rings. The van der Waals surface area contributed by atoms with Crippen molar-refractivity contribution in [1.82, 2.24) is 5.43 Å². The Morgan fingerprint density at radius 2 is 1.72 bits per heavy atom. The second-order valence-electron chi connectivity index (χ2n) is 7.33. The fourth-order valence-corrected chi connectivity index (χ4v) is 3.68. The van der Waals surface area contributed by atoms with Gasteiger partial charge < -0.3 is 10.0 Å². The van der Waals surface area contributed by atoms with Crippen LogP contribution in [0.3, 0.4) is 0 Å². The van der Waals surface area contributed by atoms with E-state index in [1.807, 2.05) is 24.3 Å². The monoisotopic (exact) mass is 386 g/mol. The van der Waals surface area contributed by atoms with Crippen molar-refractivity contribution >= 4 is 12.1 Å². The lowest BCUT2D eigenvalue weighted by Crippen LogP contribution is -3.10. The van der Waals surface area contributed by atoms with E-state index < -0.39 is 0 Å². The highest BCUT2D eigenvalue weighted by atomic mass is 16.3. The molecule has 0 aromatic heterocycles. The number of rotatable bonds is 5. The number of hydrazone groups is 1. The summed E-state index contributed by atoms with van der Waals surface area (Å²) in [6.07, 6.45) is 2.54. The number of hydrogen-bond donors (Lipinski definition) is 3. The Morgan fingerprint density at radius 3 is 2.52 bits per heavy atom. The van der Waals surface area contributed by atoms with Gasteiger partial charge in [0.2, 0.25) is 0 Å². The van der Waals surface area contributed by atoms with Gasteiger partial charge in [-0.15, -0.1) is 0 Å². The molecule has 4 rings (SSSR count). The van der Waals surface area contributed by atoms with E-state index in [1.165, 1.54) is 27.8 Å². The summed E-state index contributed by atoms with van der Waals surface area (Å²) in [5, 5.41) is 13.6. The van der Waals surface area contributed by atoms with Crippen LogP contribution in [0.5, 0.6) is 5.75 Å². The molecule has 1 unspecified atom stereocenters. The van der Waals surface area contributed by atoms with Crippen molar-refractivity contribution in [3.63, 3.8) is 0 Å². The molecule has 1 heterocycles. The summed E-state index contributed by atoms with van der Waals surface area (Å²) >= 11 is 0. The Labute approximate surface area is 170 Å². The number of benzene rings is 3. The smallest absolute Gasteiger partial charge is 0.271 e. The van der Waals surface area contributed by atoms with Crippen LogP contribution >= 0.6 is 0 Å². The molecular formula is C24H24N3O2+. The van der Waals surface area contributed by atoms with Crippen molar-refractivity contribution < 1.29 is 14.8 Å². The van der Waals surface area contributed by atoms with Gasteiger partial charge in [-0.25, -0.2) is 5.43 Å². The van der Waals surface area contributed by atoms with Crippen molar-refractivity contribution in [2.24, 2.45) is 5.10 Å².